The monoisotopic (exact) mass is 519 g/mol. The van der Waals surface area contributed by atoms with Gasteiger partial charge >= 0.3 is 0 Å². The molecule has 0 unspecified atom stereocenters. The Balaban J connectivity index is 1.48. The first-order valence-electron chi connectivity index (χ1n) is 11.2. The van der Waals surface area contributed by atoms with Crippen molar-refractivity contribution in [1.29, 1.82) is 0 Å². The van der Waals surface area contributed by atoms with Crippen LogP contribution >= 0.6 is 45.6 Å². The number of hydrogen-bond donors (Lipinski definition) is 1. The summed E-state index contributed by atoms with van der Waals surface area (Å²) >= 11 is 11.4. The molecule has 2 aromatic carbocycles. The Morgan fingerprint density at radius 3 is 2.15 bits per heavy atom. The van der Waals surface area contributed by atoms with Crippen LogP contribution < -0.4 is 11.2 Å². The smallest absolute Gasteiger partial charge is 0.195 e. The zero-order valence-corrected chi connectivity index (χ0v) is 22.0. The standard InChI is InChI=1S/C28H22ClNOS3/c1-14-20(18-4-3-5-19(18)21-13-27(29)33-15(21)2)12-26(32-14)16-6-8-24-22(10-16)28(31)23-11-17(30)7-9-25(23)34-24/h6-13H,3-5,30H2,1-2H3. The molecule has 0 spiro atoms. The Labute approximate surface area is 215 Å². The molecule has 3 aromatic heterocycles. The molecule has 0 bridgehead atoms. The van der Waals surface area contributed by atoms with Crippen LogP contribution in [0.4, 0.5) is 5.69 Å². The first kappa shape index (κ1) is 22.1. The number of anilines is 1. The van der Waals surface area contributed by atoms with Crippen LogP contribution in [0, 0.1) is 13.8 Å². The predicted octanol–water partition coefficient (Wildman–Crippen LogP) is 9.15. The molecule has 0 fully saturated rings. The van der Waals surface area contributed by atoms with Crippen LogP contribution in [-0.4, -0.2) is 0 Å². The van der Waals surface area contributed by atoms with Crippen molar-refractivity contribution in [3.8, 4) is 10.4 Å². The molecule has 0 radical (unpaired) electrons. The number of hydrogen-bond acceptors (Lipinski definition) is 5. The van der Waals surface area contributed by atoms with Crippen molar-refractivity contribution in [2.24, 2.45) is 0 Å². The second-order valence-electron chi connectivity index (χ2n) is 8.81. The van der Waals surface area contributed by atoms with E-state index in [1.165, 1.54) is 43.3 Å². The maximum absolute atomic E-state index is 13.3. The van der Waals surface area contributed by atoms with Crippen LogP contribution in [0.3, 0.4) is 0 Å². The van der Waals surface area contributed by atoms with E-state index in [9.17, 15) is 4.79 Å². The van der Waals surface area contributed by atoms with Crippen LogP contribution in [0.25, 0.3) is 41.8 Å². The zero-order chi connectivity index (χ0) is 23.6. The summed E-state index contributed by atoms with van der Waals surface area (Å²) < 4.78 is 2.83. The minimum atomic E-state index is 0.0528. The van der Waals surface area contributed by atoms with Gasteiger partial charge in [0.15, 0.2) is 5.43 Å². The maximum atomic E-state index is 13.3. The minimum Gasteiger partial charge on any atom is -0.399 e. The van der Waals surface area contributed by atoms with Crippen LogP contribution in [-0.2, 0) is 0 Å². The molecule has 0 atom stereocenters. The van der Waals surface area contributed by atoms with Gasteiger partial charge in [-0.25, -0.2) is 0 Å². The number of benzene rings is 2. The quantitative estimate of drug-likeness (QED) is 0.191. The number of aryl methyl sites for hydroxylation is 2. The fraction of sp³-hybridized carbons (Fsp3) is 0.179. The molecule has 6 rings (SSSR count). The fourth-order valence-corrected chi connectivity index (χ4v) is 8.33. The lowest BCUT2D eigenvalue weighted by molar-refractivity contribution is 0.941. The Bertz CT molecular complexity index is 1700. The highest BCUT2D eigenvalue weighted by Crippen LogP contribution is 2.46. The van der Waals surface area contributed by atoms with Crippen molar-refractivity contribution in [3.05, 3.63) is 84.0 Å². The van der Waals surface area contributed by atoms with E-state index in [-0.39, 0.29) is 5.43 Å². The lowest BCUT2D eigenvalue weighted by Gasteiger charge is -2.07. The largest absolute Gasteiger partial charge is 0.399 e. The van der Waals surface area contributed by atoms with E-state index >= 15 is 0 Å². The predicted molar refractivity (Wildman–Crippen MR) is 153 cm³/mol. The van der Waals surface area contributed by atoms with Gasteiger partial charge in [0, 0.05) is 40.5 Å². The molecule has 2 nitrogen and oxygen atoms in total. The van der Waals surface area contributed by atoms with Crippen molar-refractivity contribution >= 4 is 82.6 Å². The Hall–Kier alpha value is -2.44. The van der Waals surface area contributed by atoms with Crippen LogP contribution in [0.15, 0.2) is 53.3 Å². The molecular formula is C28H22ClNOS3. The van der Waals surface area contributed by atoms with E-state index in [1.807, 2.05) is 12.1 Å². The van der Waals surface area contributed by atoms with Crippen LogP contribution in [0.1, 0.15) is 40.1 Å². The van der Waals surface area contributed by atoms with Gasteiger partial charge in [0.2, 0.25) is 0 Å². The summed E-state index contributed by atoms with van der Waals surface area (Å²) in [6.45, 7) is 4.37. The highest BCUT2D eigenvalue weighted by Gasteiger charge is 2.23. The summed E-state index contributed by atoms with van der Waals surface area (Å²) in [5.74, 6) is 0. The number of halogens is 1. The minimum absolute atomic E-state index is 0.0528. The summed E-state index contributed by atoms with van der Waals surface area (Å²) in [4.78, 5) is 17.1. The lowest BCUT2D eigenvalue weighted by atomic mass is 9.97. The lowest BCUT2D eigenvalue weighted by Crippen LogP contribution is -2.01. The third-order valence-corrected chi connectivity index (χ3v) is 10.1. The average molecular weight is 520 g/mol. The molecule has 1 aliphatic carbocycles. The number of rotatable bonds is 3. The molecule has 0 amide bonds. The van der Waals surface area contributed by atoms with Gasteiger partial charge < -0.3 is 5.73 Å². The van der Waals surface area contributed by atoms with E-state index in [1.54, 1.807) is 40.1 Å². The van der Waals surface area contributed by atoms with Gasteiger partial charge in [-0.3, -0.25) is 4.79 Å². The van der Waals surface area contributed by atoms with Gasteiger partial charge in [-0.1, -0.05) is 17.7 Å². The number of nitrogen functional groups attached to an aromatic ring is 1. The topological polar surface area (TPSA) is 43.1 Å². The van der Waals surface area contributed by atoms with Gasteiger partial charge in [0.25, 0.3) is 0 Å². The van der Waals surface area contributed by atoms with Crippen molar-refractivity contribution < 1.29 is 0 Å². The second-order valence-corrected chi connectivity index (χ2v) is 13.0. The number of thiophene rings is 2. The average Bonchev–Trinajstić information content (AvgIpc) is 3.52. The Morgan fingerprint density at radius 1 is 0.794 bits per heavy atom. The SMILES string of the molecule is Cc1sc(Cl)cc1C1=C(c2cc(-c3ccc4sc5ccc(N)cc5c(=O)c4c3)sc2C)CCC1. The van der Waals surface area contributed by atoms with E-state index in [0.29, 0.717) is 11.1 Å². The van der Waals surface area contributed by atoms with E-state index in [4.69, 9.17) is 17.3 Å². The number of allylic oxidation sites excluding steroid dienone is 2. The summed E-state index contributed by atoms with van der Waals surface area (Å²) in [7, 11) is 0. The van der Waals surface area contributed by atoms with Crippen molar-refractivity contribution in [3.63, 3.8) is 0 Å². The highest BCUT2D eigenvalue weighted by atomic mass is 35.5. The van der Waals surface area contributed by atoms with E-state index in [2.05, 4.69) is 44.2 Å². The highest BCUT2D eigenvalue weighted by molar-refractivity contribution is 7.24. The van der Waals surface area contributed by atoms with Gasteiger partial charge in [0.1, 0.15) is 0 Å². The molecule has 6 heteroatoms. The van der Waals surface area contributed by atoms with Gasteiger partial charge in [0.05, 0.1) is 4.34 Å². The molecule has 0 saturated carbocycles. The third kappa shape index (κ3) is 3.62. The molecular weight excluding hydrogens is 498 g/mol. The fourth-order valence-electron chi connectivity index (χ4n) is 5.03. The van der Waals surface area contributed by atoms with Crippen molar-refractivity contribution in [2.45, 2.75) is 33.1 Å². The summed E-state index contributed by atoms with van der Waals surface area (Å²) in [6.07, 6.45) is 3.37. The zero-order valence-electron chi connectivity index (χ0n) is 18.8. The molecule has 2 N–H and O–H groups in total. The van der Waals surface area contributed by atoms with E-state index < -0.39 is 0 Å². The molecule has 3 heterocycles. The second kappa shape index (κ2) is 8.35. The number of fused-ring (bicyclic) bond motifs is 2. The first-order valence-corrected chi connectivity index (χ1v) is 14.1. The van der Waals surface area contributed by atoms with E-state index in [0.717, 1.165) is 37.5 Å². The summed E-state index contributed by atoms with van der Waals surface area (Å²) in [5, 5.41) is 1.46. The van der Waals surface area contributed by atoms with Crippen molar-refractivity contribution in [2.75, 3.05) is 5.73 Å². The molecule has 0 saturated heterocycles. The van der Waals surface area contributed by atoms with Gasteiger partial charge in [-0.15, -0.1) is 34.0 Å². The maximum Gasteiger partial charge on any atom is 0.195 e. The van der Waals surface area contributed by atoms with Crippen LogP contribution in [0.2, 0.25) is 4.34 Å². The van der Waals surface area contributed by atoms with Gasteiger partial charge in [-0.2, -0.15) is 0 Å². The first-order chi connectivity index (χ1) is 16.4. The molecule has 34 heavy (non-hydrogen) atoms. The Kier molecular flexibility index (Phi) is 5.41. The summed E-state index contributed by atoms with van der Waals surface area (Å²) in [6, 6.07) is 16.3. The summed E-state index contributed by atoms with van der Waals surface area (Å²) in [5.41, 5.74) is 13.3. The molecule has 0 aliphatic heterocycles. The molecule has 1 aliphatic rings. The van der Waals surface area contributed by atoms with Gasteiger partial charge in [-0.05, 0) is 103 Å². The number of nitrogens with two attached hydrogens (primary N) is 1. The van der Waals surface area contributed by atoms with Crippen molar-refractivity contribution in [1.82, 2.24) is 0 Å². The van der Waals surface area contributed by atoms with Crippen LogP contribution in [0.5, 0.6) is 0 Å². The third-order valence-electron chi connectivity index (χ3n) is 6.65. The molecule has 5 aromatic rings. The Morgan fingerprint density at radius 2 is 1.44 bits per heavy atom. The normalized spacial score (nSPS) is 14.1. The molecule has 170 valence electrons.